The summed E-state index contributed by atoms with van der Waals surface area (Å²) in [7, 11) is 0. The fourth-order valence-corrected chi connectivity index (χ4v) is 4.63. The highest BCUT2D eigenvalue weighted by molar-refractivity contribution is 7.12. The van der Waals surface area contributed by atoms with E-state index in [1.165, 1.54) is 11.3 Å². The molecular formula is C19H23N3O2S. The maximum absolute atomic E-state index is 12.8. The Morgan fingerprint density at radius 1 is 1.24 bits per heavy atom. The zero-order chi connectivity index (χ0) is 17.1. The molecule has 0 unspecified atom stereocenters. The lowest BCUT2D eigenvalue weighted by Crippen LogP contribution is -2.52. The van der Waals surface area contributed by atoms with Crippen LogP contribution < -0.4 is 4.90 Å². The van der Waals surface area contributed by atoms with Crippen LogP contribution in [0.2, 0.25) is 0 Å². The predicted octanol–water partition coefficient (Wildman–Crippen LogP) is 2.90. The van der Waals surface area contributed by atoms with Gasteiger partial charge in [0.2, 0.25) is 0 Å². The van der Waals surface area contributed by atoms with Gasteiger partial charge >= 0.3 is 0 Å². The Labute approximate surface area is 152 Å². The van der Waals surface area contributed by atoms with E-state index < -0.39 is 0 Å². The minimum absolute atomic E-state index is 0.00247. The average Bonchev–Trinajstić information content (AvgIpc) is 3.12. The monoisotopic (exact) mass is 357 g/mol. The lowest BCUT2D eigenvalue weighted by atomic mass is 9.80. The van der Waals surface area contributed by atoms with E-state index in [0.717, 1.165) is 62.8 Å². The number of rotatable bonds is 2. The molecule has 2 aliphatic heterocycles. The van der Waals surface area contributed by atoms with Crippen molar-refractivity contribution in [2.75, 3.05) is 44.3 Å². The van der Waals surface area contributed by atoms with Crippen LogP contribution in [0, 0.1) is 5.41 Å². The molecule has 25 heavy (non-hydrogen) atoms. The van der Waals surface area contributed by atoms with Crippen LogP contribution >= 0.6 is 11.3 Å². The van der Waals surface area contributed by atoms with Crippen LogP contribution in [-0.2, 0) is 4.74 Å². The Morgan fingerprint density at radius 2 is 2.20 bits per heavy atom. The lowest BCUT2D eigenvalue weighted by molar-refractivity contribution is 0.0137. The molecule has 2 aromatic heterocycles. The molecule has 6 heteroatoms. The normalized spacial score (nSPS) is 24.3. The first-order valence-electron chi connectivity index (χ1n) is 8.81. The predicted molar refractivity (Wildman–Crippen MR) is 99.2 cm³/mol. The van der Waals surface area contributed by atoms with E-state index in [1.807, 2.05) is 34.7 Å². The summed E-state index contributed by atoms with van der Waals surface area (Å²) in [5, 5.41) is 1.96. The second-order valence-corrected chi connectivity index (χ2v) is 7.94. The van der Waals surface area contributed by atoms with E-state index in [0.29, 0.717) is 0 Å². The Balaban J connectivity index is 1.53. The van der Waals surface area contributed by atoms with Crippen LogP contribution in [0.5, 0.6) is 0 Å². The number of carbonyl (C=O) groups is 1. The second-order valence-electron chi connectivity index (χ2n) is 6.99. The van der Waals surface area contributed by atoms with Gasteiger partial charge in [0.05, 0.1) is 30.0 Å². The smallest absolute Gasteiger partial charge is 0.263 e. The van der Waals surface area contributed by atoms with E-state index in [4.69, 9.17) is 4.74 Å². The zero-order valence-corrected chi connectivity index (χ0v) is 15.1. The van der Waals surface area contributed by atoms with Crippen LogP contribution in [0.1, 0.15) is 22.5 Å². The molecule has 2 aliphatic rings. The van der Waals surface area contributed by atoms with Gasteiger partial charge in [-0.05, 0) is 36.4 Å². The van der Waals surface area contributed by atoms with Crippen LogP contribution in [0.3, 0.4) is 0 Å². The number of thiophene rings is 1. The van der Waals surface area contributed by atoms with Crippen molar-refractivity contribution in [2.45, 2.75) is 12.8 Å². The van der Waals surface area contributed by atoms with Crippen molar-refractivity contribution in [3.05, 3.63) is 46.9 Å². The Kier molecular flexibility index (Phi) is 4.72. The largest absolute Gasteiger partial charge is 0.379 e. The molecule has 0 saturated carbocycles. The second kappa shape index (κ2) is 7.14. The van der Waals surface area contributed by atoms with Crippen molar-refractivity contribution in [2.24, 2.45) is 5.41 Å². The van der Waals surface area contributed by atoms with Crippen molar-refractivity contribution in [1.29, 1.82) is 0 Å². The molecule has 0 N–H and O–H groups in total. The van der Waals surface area contributed by atoms with Crippen molar-refractivity contribution in [3.63, 3.8) is 0 Å². The summed E-state index contributed by atoms with van der Waals surface area (Å²) in [6, 6.07) is 7.93. The summed E-state index contributed by atoms with van der Waals surface area (Å²) < 4.78 is 5.96. The Hall–Kier alpha value is -1.92. The van der Waals surface area contributed by atoms with E-state index in [2.05, 4.69) is 16.0 Å². The highest BCUT2D eigenvalue weighted by Gasteiger charge is 2.40. The zero-order valence-electron chi connectivity index (χ0n) is 14.3. The van der Waals surface area contributed by atoms with Crippen molar-refractivity contribution in [3.8, 4) is 0 Å². The van der Waals surface area contributed by atoms with Gasteiger partial charge in [-0.3, -0.25) is 9.78 Å². The third kappa shape index (κ3) is 3.55. The topological polar surface area (TPSA) is 45.7 Å². The maximum atomic E-state index is 12.8. The van der Waals surface area contributed by atoms with Crippen molar-refractivity contribution in [1.82, 2.24) is 9.88 Å². The minimum Gasteiger partial charge on any atom is -0.379 e. The third-order valence-corrected chi connectivity index (χ3v) is 5.99. The molecule has 2 aromatic rings. The van der Waals surface area contributed by atoms with Gasteiger partial charge in [0, 0.05) is 37.8 Å². The quantitative estimate of drug-likeness (QED) is 0.829. The Morgan fingerprint density at radius 3 is 3.00 bits per heavy atom. The standard InChI is InChI=1S/C19H23N3O2S/c23-18(17-5-2-11-25-17)22-8-3-6-19(14-22)13-21(9-10-24-15-19)16-4-1-7-20-12-16/h1-2,4-5,7,11-12H,3,6,8-10,13-15H2/t19-/m0/s1. The average molecular weight is 357 g/mol. The molecule has 1 amide bonds. The van der Waals surface area contributed by atoms with Gasteiger partial charge in [0.15, 0.2) is 0 Å². The first-order chi connectivity index (χ1) is 12.3. The van der Waals surface area contributed by atoms with Crippen LogP contribution in [0.15, 0.2) is 42.0 Å². The van der Waals surface area contributed by atoms with Gasteiger partial charge in [-0.25, -0.2) is 0 Å². The summed E-state index contributed by atoms with van der Waals surface area (Å²) in [4.78, 5) is 22.3. The highest BCUT2D eigenvalue weighted by Crippen LogP contribution is 2.35. The first kappa shape index (κ1) is 16.5. The molecule has 1 atom stereocenters. The van der Waals surface area contributed by atoms with Crippen LogP contribution in [-0.4, -0.2) is 55.2 Å². The molecule has 5 nitrogen and oxygen atoms in total. The maximum Gasteiger partial charge on any atom is 0.263 e. The van der Waals surface area contributed by atoms with Crippen LogP contribution in [0.25, 0.3) is 0 Å². The molecule has 0 radical (unpaired) electrons. The van der Waals surface area contributed by atoms with Gasteiger partial charge in [0.25, 0.3) is 5.91 Å². The fourth-order valence-electron chi connectivity index (χ4n) is 3.94. The molecule has 132 valence electrons. The van der Waals surface area contributed by atoms with Gasteiger partial charge < -0.3 is 14.5 Å². The number of likely N-dealkylation sites (tertiary alicyclic amines) is 1. The highest BCUT2D eigenvalue weighted by atomic mass is 32.1. The fraction of sp³-hybridized carbons (Fsp3) is 0.474. The number of piperidine rings is 1. The number of aromatic nitrogens is 1. The van der Waals surface area contributed by atoms with E-state index in [-0.39, 0.29) is 11.3 Å². The number of carbonyl (C=O) groups excluding carboxylic acids is 1. The summed E-state index contributed by atoms with van der Waals surface area (Å²) in [6.45, 7) is 4.82. The van der Waals surface area contributed by atoms with Gasteiger partial charge in [-0.1, -0.05) is 6.07 Å². The summed E-state index contributed by atoms with van der Waals surface area (Å²) in [6.07, 6.45) is 5.84. The Bertz CT molecular complexity index is 707. The van der Waals surface area contributed by atoms with Crippen molar-refractivity contribution >= 4 is 22.9 Å². The SMILES string of the molecule is O=C(c1cccs1)N1CCC[C@@]2(COCCN(c3cccnc3)C2)C1. The number of anilines is 1. The number of ether oxygens (including phenoxy) is 1. The molecule has 4 heterocycles. The molecule has 1 spiro atoms. The lowest BCUT2D eigenvalue weighted by Gasteiger charge is -2.43. The number of amides is 1. The molecule has 0 aliphatic carbocycles. The van der Waals surface area contributed by atoms with Crippen LogP contribution in [0.4, 0.5) is 5.69 Å². The molecule has 0 aromatic carbocycles. The summed E-state index contributed by atoms with van der Waals surface area (Å²) in [5.41, 5.74) is 1.13. The van der Waals surface area contributed by atoms with Gasteiger partial charge in [-0.2, -0.15) is 0 Å². The summed E-state index contributed by atoms with van der Waals surface area (Å²) in [5.74, 6) is 0.159. The molecular weight excluding hydrogens is 334 g/mol. The number of nitrogens with zero attached hydrogens (tertiary/aromatic N) is 3. The number of hydrogen-bond donors (Lipinski definition) is 0. The van der Waals surface area contributed by atoms with Gasteiger partial charge in [-0.15, -0.1) is 11.3 Å². The molecule has 2 saturated heterocycles. The van der Waals surface area contributed by atoms with E-state index in [1.54, 1.807) is 6.20 Å². The number of hydrogen-bond acceptors (Lipinski definition) is 5. The van der Waals surface area contributed by atoms with Crippen molar-refractivity contribution < 1.29 is 9.53 Å². The first-order valence-corrected chi connectivity index (χ1v) is 9.69. The minimum atomic E-state index is -0.00247. The van der Waals surface area contributed by atoms with Gasteiger partial charge in [0.1, 0.15) is 0 Å². The molecule has 2 fully saturated rings. The third-order valence-electron chi connectivity index (χ3n) is 5.13. The summed E-state index contributed by atoms with van der Waals surface area (Å²) >= 11 is 1.52. The van der Waals surface area contributed by atoms with E-state index in [9.17, 15) is 4.79 Å². The molecule has 4 rings (SSSR count). The van der Waals surface area contributed by atoms with E-state index >= 15 is 0 Å². The number of pyridine rings is 1. The molecule has 0 bridgehead atoms.